The minimum atomic E-state index is 0.308. The van der Waals surface area contributed by atoms with Crippen molar-refractivity contribution in [3.05, 3.63) is 97.9 Å². The van der Waals surface area contributed by atoms with E-state index in [9.17, 15) is 0 Å². The second-order valence-corrected chi connectivity index (χ2v) is 8.65. The first kappa shape index (κ1) is 22.2. The molecule has 0 aliphatic rings. The fourth-order valence-electron chi connectivity index (χ4n) is 3.21. The molecule has 0 saturated heterocycles. The van der Waals surface area contributed by atoms with E-state index in [1.165, 1.54) is 5.56 Å². The molecule has 3 rings (SSSR count). The average molecular weight is 493 g/mol. The second-order valence-electron chi connectivity index (χ2n) is 6.92. The fourth-order valence-corrected chi connectivity index (χ4v) is 3.94. The van der Waals surface area contributed by atoms with E-state index in [1.54, 1.807) is 6.07 Å². The lowest BCUT2D eigenvalue weighted by atomic mass is 10.0. The number of rotatable bonds is 9. The number of benzene rings is 3. The summed E-state index contributed by atoms with van der Waals surface area (Å²) in [6.45, 7) is 3.36. The molecule has 0 bridgehead atoms. The Bertz CT molecular complexity index is 933. The number of nitrogens with one attached hydrogen (secondary N) is 1. The first-order chi connectivity index (χ1) is 14.1. The maximum atomic E-state index is 6.12. The molecular formula is C24H24BrCl2NO. The summed E-state index contributed by atoms with van der Waals surface area (Å²) in [4.78, 5) is 0. The summed E-state index contributed by atoms with van der Waals surface area (Å²) in [6.07, 6.45) is 2.20. The molecule has 1 atom stereocenters. The van der Waals surface area contributed by atoms with Gasteiger partial charge in [0.2, 0.25) is 0 Å². The van der Waals surface area contributed by atoms with Gasteiger partial charge in [0.15, 0.2) is 0 Å². The number of ether oxygens (including phenoxy) is 1. The predicted molar refractivity (Wildman–Crippen MR) is 126 cm³/mol. The van der Waals surface area contributed by atoms with Gasteiger partial charge in [-0.25, -0.2) is 0 Å². The molecule has 0 heterocycles. The van der Waals surface area contributed by atoms with E-state index in [0.717, 1.165) is 40.7 Å². The Morgan fingerprint density at radius 2 is 1.76 bits per heavy atom. The third-order valence-corrected chi connectivity index (χ3v) is 5.95. The van der Waals surface area contributed by atoms with Gasteiger partial charge in [-0.15, -0.1) is 0 Å². The normalized spacial score (nSPS) is 12.0. The maximum Gasteiger partial charge on any atom is 0.124 e. The summed E-state index contributed by atoms with van der Waals surface area (Å²) in [7, 11) is 0. The van der Waals surface area contributed by atoms with Crippen molar-refractivity contribution >= 4 is 39.1 Å². The van der Waals surface area contributed by atoms with Gasteiger partial charge < -0.3 is 10.1 Å². The van der Waals surface area contributed by atoms with Crippen LogP contribution in [0.3, 0.4) is 0 Å². The van der Waals surface area contributed by atoms with E-state index >= 15 is 0 Å². The Morgan fingerprint density at radius 3 is 2.48 bits per heavy atom. The molecule has 0 radical (unpaired) electrons. The zero-order valence-corrected chi connectivity index (χ0v) is 19.4. The second kappa shape index (κ2) is 11.0. The van der Waals surface area contributed by atoms with Crippen LogP contribution in [0.25, 0.3) is 0 Å². The molecule has 0 aromatic heterocycles. The molecule has 3 aromatic rings. The molecule has 1 unspecified atom stereocenters. The van der Waals surface area contributed by atoms with E-state index in [4.69, 9.17) is 27.9 Å². The molecule has 0 saturated carbocycles. The first-order valence-electron chi connectivity index (χ1n) is 9.70. The largest absolute Gasteiger partial charge is 0.489 e. The molecule has 29 heavy (non-hydrogen) atoms. The molecule has 0 fully saturated rings. The summed E-state index contributed by atoms with van der Waals surface area (Å²) in [6, 6.07) is 22.5. The zero-order valence-electron chi connectivity index (χ0n) is 16.3. The van der Waals surface area contributed by atoms with Crippen LogP contribution >= 0.6 is 39.1 Å². The Hall–Kier alpha value is -1.52. The van der Waals surface area contributed by atoms with Crippen LogP contribution in [0.15, 0.2) is 71.2 Å². The van der Waals surface area contributed by atoms with Crippen molar-refractivity contribution in [2.24, 2.45) is 0 Å². The van der Waals surface area contributed by atoms with Crippen LogP contribution < -0.4 is 10.1 Å². The third kappa shape index (κ3) is 6.48. The van der Waals surface area contributed by atoms with Gasteiger partial charge in [0.1, 0.15) is 12.4 Å². The summed E-state index contributed by atoms with van der Waals surface area (Å²) < 4.78 is 7.14. The Kier molecular flexibility index (Phi) is 8.43. The first-order valence-corrected chi connectivity index (χ1v) is 11.2. The van der Waals surface area contributed by atoms with Crippen molar-refractivity contribution in [2.45, 2.75) is 39.0 Å². The molecule has 3 aromatic carbocycles. The third-order valence-electron chi connectivity index (χ3n) is 4.72. The van der Waals surface area contributed by atoms with Gasteiger partial charge in [0.05, 0.1) is 10.0 Å². The summed E-state index contributed by atoms with van der Waals surface area (Å²) in [5.74, 6) is 0.857. The molecule has 0 aliphatic heterocycles. The van der Waals surface area contributed by atoms with Gasteiger partial charge in [-0.05, 0) is 47.9 Å². The lowest BCUT2D eigenvalue weighted by Gasteiger charge is -2.20. The quantitative estimate of drug-likeness (QED) is 0.327. The maximum absolute atomic E-state index is 6.12. The topological polar surface area (TPSA) is 21.3 Å². The van der Waals surface area contributed by atoms with E-state index in [-0.39, 0.29) is 0 Å². The zero-order chi connectivity index (χ0) is 20.6. The van der Waals surface area contributed by atoms with Crippen LogP contribution in [0, 0.1) is 0 Å². The van der Waals surface area contributed by atoms with Gasteiger partial charge >= 0.3 is 0 Å². The van der Waals surface area contributed by atoms with Crippen molar-refractivity contribution in [1.29, 1.82) is 0 Å². The van der Waals surface area contributed by atoms with Crippen LogP contribution in [0.1, 0.15) is 42.5 Å². The van der Waals surface area contributed by atoms with Gasteiger partial charge in [0.25, 0.3) is 0 Å². The predicted octanol–water partition coefficient (Wildman–Crippen LogP) is 7.97. The van der Waals surface area contributed by atoms with Gasteiger partial charge in [-0.1, -0.05) is 88.9 Å². The highest BCUT2D eigenvalue weighted by molar-refractivity contribution is 9.10. The smallest absolute Gasteiger partial charge is 0.124 e. The van der Waals surface area contributed by atoms with E-state index in [1.807, 2.05) is 24.3 Å². The van der Waals surface area contributed by atoms with Gasteiger partial charge in [0, 0.05) is 22.6 Å². The monoisotopic (exact) mass is 491 g/mol. The van der Waals surface area contributed by atoms with E-state index in [0.29, 0.717) is 22.7 Å². The molecule has 152 valence electrons. The van der Waals surface area contributed by atoms with Crippen molar-refractivity contribution in [3.8, 4) is 5.75 Å². The average Bonchev–Trinajstić information content (AvgIpc) is 2.73. The Labute approximate surface area is 191 Å². The van der Waals surface area contributed by atoms with Crippen LogP contribution in [-0.4, -0.2) is 0 Å². The van der Waals surface area contributed by atoms with E-state index in [2.05, 4.69) is 64.6 Å². The number of hydrogen-bond donors (Lipinski definition) is 1. The molecular weight excluding hydrogens is 469 g/mol. The summed E-state index contributed by atoms with van der Waals surface area (Å²) in [5, 5.41) is 4.78. The highest BCUT2D eigenvalue weighted by Gasteiger charge is 2.12. The lowest BCUT2D eigenvalue weighted by molar-refractivity contribution is 0.301. The van der Waals surface area contributed by atoms with Crippen molar-refractivity contribution in [1.82, 2.24) is 5.32 Å². The van der Waals surface area contributed by atoms with Crippen LogP contribution in [0.4, 0.5) is 0 Å². The highest BCUT2D eigenvalue weighted by atomic mass is 79.9. The summed E-state index contributed by atoms with van der Waals surface area (Å²) in [5.41, 5.74) is 3.40. The van der Waals surface area contributed by atoms with Crippen molar-refractivity contribution in [3.63, 3.8) is 0 Å². The minimum absolute atomic E-state index is 0.308. The molecule has 0 amide bonds. The van der Waals surface area contributed by atoms with Crippen LogP contribution in [0.5, 0.6) is 5.75 Å². The van der Waals surface area contributed by atoms with Crippen molar-refractivity contribution in [2.75, 3.05) is 0 Å². The van der Waals surface area contributed by atoms with Crippen LogP contribution in [0.2, 0.25) is 10.0 Å². The molecule has 0 spiro atoms. The van der Waals surface area contributed by atoms with Gasteiger partial charge in [-0.2, -0.15) is 0 Å². The van der Waals surface area contributed by atoms with Gasteiger partial charge in [-0.3, -0.25) is 0 Å². The minimum Gasteiger partial charge on any atom is -0.489 e. The highest BCUT2D eigenvalue weighted by Crippen LogP contribution is 2.27. The number of halogens is 3. The Morgan fingerprint density at radius 1 is 0.966 bits per heavy atom. The molecule has 1 N–H and O–H groups in total. The lowest BCUT2D eigenvalue weighted by Crippen LogP contribution is -2.21. The Balaban J connectivity index is 1.71. The molecule has 5 heteroatoms. The van der Waals surface area contributed by atoms with Crippen molar-refractivity contribution < 1.29 is 4.74 Å². The molecule has 2 nitrogen and oxygen atoms in total. The standard InChI is InChI=1S/C24H24BrCl2NO/c1-2-6-23(18-7-4-3-5-8-18)28-15-19-14-20(25)10-12-24(19)29-16-17-9-11-21(26)22(27)13-17/h3-5,7-14,23,28H,2,6,15-16H2,1H3. The summed E-state index contributed by atoms with van der Waals surface area (Å²) >= 11 is 15.7. The number of hydrogen-bond acceptors (Lipinski definition) is 2. The van der Waals surface area contributed by atoms with E-state index < -0.39 is 0 Å². The fraction of sp³-hybridized carbons (Fsp3) is 0.250. The SMILES string of the molecule is CCCC(NCc1cc(Br)ccc1OCc1ccc(Cl)c(Cl)c1)c1ccccc1. The van der Waals surface area contributed by atoms with Crippen LogP contribution in [-0.2, 0) is 13.2 Å². The molecule has 0 aliphatic carbocycles.